The summed E-state index contributed by atoms with van der Waals surface area (Å²) in [6, 6.07) is 0. The molecular weight excluding hydrogens is 164 g/mol. The highest BCUT2D eigenvalue weighted by molar-refractivity contribution is 6.24. The topological polar surface area (TPSA) is 64.6 Å². The Balaban J connectivity index is 0.000000218. The second-order valence-corrected chi connectivity index (χ2v) is 3.94. The van der Waals surface area contributed by atoms with E-state index in [1.165, 1.54) is 0 Å². The average Bonchev–Trinajstić information content (AvgIpc) is 2.67. The van der Waals surface area contributed by atoms with Crippen molar-refractivity contribution in [2.24, 2.45) is 11.5 Å². The highest BCUT2D eigenvalue weighted by atomic mass is 35.5. The molecule has 1 rings (SSSR count). The van der Waals surface area contributed by atoms with Crippen LogP contribution in [-0.2, 0) is 4.74 Å². The lowest BCUT2D eigenvalue weighted by molar-refractivity contribution is 0.370. The van der Waals surface area contributed by atoms with Crippen LogP contribution in [0.25, 0.3) is 0 Å². The number of nitrogens with two attached hydrogens (primary N) is 2. The van der Waals surface area contributed by atoms with Crippen molar-refractivity contribution in [1.29, 1.82) is 0 Å². The van der Waals surface area contributed by atoms with Gasteiger partial charge >= 0.3 is 0 Å². The van der Waals surface area contributed by atoms with Gasteiger partial charge in [-0.2, -0.15) is 0 Å². The van der Waals surface area contributed by atoms with Gasteiger partial charge in [0.1, 0.15) is 0 Å². The predicted octanol–water partition coefficient (Wildman–Crippen LogP) is 0.306. The minimum atomic E-state index is -0.139. The van der Waals surface area contributed by atoms with Gasteiger partial charge in [-0.15, -0.1) is 11.6 Å². The van der Waals surface area contributed by atoms with E-state index in [2.05, 4.69) is 0 Å². The second kappa shape index (κ2) is 4.93. The number of ether oxygens (including phenoxy) is 1. The number of hydrogen-bond acceptors (Lipinski definition) is 3. The van der Waals surface area contributed by atoms with E-state index in [1.807, 2.05) is 13.8 Å². The zero-order valence-electron chi connectivity index (χ0n) is 7.14. The van der Waals surface area contributed by atoms with Crippen molar-refractivity contribution >= 4 is 11.6 Å². The molecule has 0 radical (unpaired) electrons. The SMILES string of the molecule is CC(C)(Cl)C1CO1.NCCN. The summed E-state index contributed by atoms with van der Waals surface area (Å²) in [6.07, 6.45) is 0.314. The van der Waals surface area contributed by atoms with Crippen LogP contribution in [0.1, 0.15) is 13.8 Å². The maximum atomic E-state index is 5.81. The minimum Gasteiger partial charge on any atom is -0.371 e. The Kier molecular flexibility index (Phi) is 5.01. The number of hydrogen-bond donors (Lipinski definition) is 2. The number of alkyl halides is 1. The molecular formula is C7H17ClN2O. The molecule has 68 valence electrons. The lowest BCUT2D eigenvalue weighted by Gasteiger charge is -2.09. The molecule has 0 aromatic rings. The van der Waals surface area contributed by atoms with Crippen molar-refractivity contribution in [3.05, 3.63) is 0 Å². The average molecular weight is 181 g/mol. The molecule has 1 aliphatic rings. The Hall–Kier alpha value is 0.170. The normalized spacial score (nSPS) is 22.1. The molecule has 0 aliphatic carbocycles. The number of epoxide rings is 1. The lowest BCUT2D eigenvalue weighted by atomic mass is 10.1. The Morgan fingerprint density at radius 1 is 1.45 bits per heavy atom. The summed E-state index contributed by atoms with van der Waals surface area (Å²) in [6.45, 7) is 5.97. The molecule has 0 bridgehead atoms. The molecule has 1 fully saturated rings. The van der Waals surface area contributed by atoms with Gasteiger partial charge in [0.2, 0.25) is 0 Å². The Labute approximate surface area is 73.0 Å². The third-order valence-corrected chi connectivity index (χ3v) is 1.51. The first kappa shape index (κ1) is 11.2. The fourth-order valence-corrected chi connectivity index (χ4v) is 0.570. The monoisotopic (exact) mass is 180 g/mol. The van der Waals surface area contributed by atoms with E-state index < -0.39 is 0 Å². The predicted molar refractivity (Wildman–Crippen MR) is 47.8 cm³/mol. The summed E-state index contributed by atoms with van der Waals surface area (Å²) >= 11 is 5.81. The summed E-state index contributed by atoms with van der Waals surface area (Å²) in [4.78, 5) is -0.139. The van der Waals surface area contributed by atoms with E-state index in [1.54, 1.807) is 0 Å². The summed E-state index contributed by atoms with van der Waals surface area (Å²) in [5.74, 6) is 0. The molecule has 4 N–H and O–H groups in total. The third kappa shape index (κ3) is 6.56. The minimum absolute atomic E-state index is 0.139. The van der Waals surface area contributed by atoms with Crippen LogP contribution >= 0.6 is 11.6 Å². The molecule has 3 nitrogen and oxygen atoms in total. The van der Waals surface area contributed by atoms with Crippen LogP contribution in [0.5, 0.6) is 0 Å². The van der Waals surface area contributed by atoms with Crippen LogP contribution in [0.2, 0.25) is 0 Å². The van der Waals surface area contributed by atoms with E-state index in [9.17, 15) is 0 Å². The molecule has 0 aromatic carbocycles. The van der Waals surface area contributed by atoms with E-state index in [0.717, 1.165) is 6.61 Å². The van der Waals surface area contributed by atoms with E-state index in [-0.39, 0.29) is 4.87 Å². The molecule has 0 saturated carbocycles. The first-order chi connectivity index (χ1) is 5.02. The molecule has 11 heavy (non-hydrogen) atoms. The molecule has 4 heteroatoms. The van der Waals surface area contributed by atoms with Crippen LogP contribution < -0.4 is 11.5 Å². The fraction of sp³-hybridized carbons (Fsp3) is 1.00. The maximum absolute atomic E-state index is 5.81. The van der Waals surface area contributed by atoms with Crippen molar-refractivity contribution in [2.45, 2.75) is 24.8 Å². The standard InChI is InChI=1S/C5H9ClO.C2H8N2/c1-5(2,6)4-3-7-4;3-1-2-4/h4H,3H2,1-2H3;1-4H2. The molecule has 0 aromatic heterocycles. The molecule has 1 unspecified atom stereocenters. The van der Waals surface area contributed by atoms with Gasteiger partial charge in [-0.05, 0) is 13.8 Å². The maximum Gasteiger partial charge on any atom is 0.0995 e. The Morgan fingerprint density at radius 2 is 1.82 bits per heavy atom. The third-order valence-electron chi connectivity index (χ3n) is 1.27. The summed E-state index contributed by atoms with van der Waals surface area (Å²) < 4.78 is 4.94. The van der Waals surface area contributed by atoms with Gasteiger partial charge in [-0.1, -0.05) is 0 Å². The van der Waals surface area contributed by atoms with Crippen LogP contribution in [0.15, 0.2) is 0 Å². The zero-order valence-corrected chi connectivity index (χ0v) is 7.90. The van der Waals surface area contributed by atoms with E-state index >= 15 is 0 Å². The highest BCUT2D eigenvalue weighted by Gasteiger charge is 2.37. The Morgan fingerprint density at radius 3 is 1.82 bits per heavy atom. The smallest absolute Gasteiger partial charge is 0.0995 e. The van der Waals surface area contributed by atoms with E-state index in [4.69, 9.17) is 27.8 Å². The molecule has 1 atom stereocenters. The summed E-state index contributed by atoms with van der Waals surface area (Å²) in [5, 5.41) is 0. The fourth-order valence-electron chi connectivity index (χ4n) is 0.444. The van der Waals surface area contributed by atoms with Crippen molar-refractivity contribution in [1.82, 2.24) is 0 Å². The van der Waals surface area contributed by atoms with Gasteiger partial charge in [0.25, 0.3) is 0 Å². The van der Waals surface area contributed by atoms with Gasteiger partial charge in [0.05, 0.1) is 17.6 Å². The van der Waals surface area contributed by atoms with Crippen LogP contribution in [0.4, 0.5) is 0 Å². The zero-order chi connectivity index (χ0) is 8.91. The van der Waals surface area contributed by atoms with Crippen molar-refractivity contribution < 1.29 is 4.74 Å². The number of halogens is 1. The first-order valence-electron chi connectivity index (χ1n) is 3.73. The van der Waals surface area contributed by atoms with Crippen LogP contribution in [0, 0.1) is 0 Å². The summed E-state index contributed by atoms with van der Waals surface area (Å²) in [5.41, 5.74) is 9.81. The molecule has 1 aliphatic heterocycles. The van der Waals surface area contributed by atoms with Crippen LogP contribution in [-0.4, -0.2) is 30.7 Å². The largest absolute Gasteiger partial charge is 0.371 e. The van der Waals surface area contributed by atoms with E-state index in [0.29, 0.717) is 19.2 Å². The van der Waals surface area contributed by atoms with Crippen molar-refractivity contribution in [2.75, 3.05) is 19.7 Å². The van der Waals surface area contributed by atoms with Gasteiger partial charge in [-0.3, -0.25) is 0 Å². The van der Waals surface area contributed by atoms with Gasteiger partial charge in [-0.25, -0.2) is 0 Å². The number of rotatable bonds is 2. The first-order valence-corrected chi connectivity index (χ1v) is 4.10. The second-order valence-electron chi connectivity index (χ2n) is 2.96. The molecule has 1 heterocycles. The summed E-state index contributed by atoms with van der Waals surface area (Å²) in [7, 11) is 0. The van der Waals surface area contributed by atoms with Gasteiger partial charge in [0, 0.05) is 13.1 Å². The quantitative estimate of drug-likeness (QED) is 0.475. The van der Waals surface area contributed by atoms with Gasteiger partial charge in [0.15, 0.2) is 0 Å². The van der Waals surface area contributed by atoms with Crippen molar-refractivity contribution in [3.8, 4) is 0 Å². The lowest BCUT2D eigenvalue weighted by Crippen LogP contribution is -2.18. The molecule has 0 amide bonds. The van der Waals surface area contributed by atoms with Crippen molar-refractivity contribution in [3.63, 3.8) is 0 Å². The van der Waals surface area contributed by atoms with Gasteiger partial charge < -0.3 is 16.2 Å². The molecule has 1 saturated heterocycles. The van der Waals surface area contributed by atoms with Crippen LogP contribution in [0.3, 0.4) is 0 Å². The highest BCUT2D eigenvalue weighted by Crippen LogP contribution is 2.29. The molecule has 0 spiro atoms. The Bertz CT molecular complexity index is 97.1.